The first-order valence-corrected chi connectivity index (χ1v) is 7.51. The number of benzene rings is 1. The normalized spacial score (nSPS) is 18.0. The smallest absolute Gasteiger partial charge is 0.410 e. The average Bonchev–Trinajstić information content (AvgIpc) is 2.95. The van der Waals surface area contributed by atoms with E-state index in [0.29, 0.717) is 18.7 Å². The molecule has 1 heterocycles. The number of likely N-dealkylation sites (tertiary alicyclic amines) is 1. The van der Waals surface area contributed by atoms with Crippen LogP contribution in [0.25, 0.3) is 0 Å². The first kappa shape index (κ1) is 16.2. The first-order valence-electron chi connectivity index (χ1n) is 7.51. The summed E-state index contributed by atoms with van der Waals surface area (Å²) in [5.74, 6) is 0. The summed E-state index contributed by atoms with van der Waals surface area (Å²) in [7, 11) is 2.02. The van der Waals surface area contributed by atoms with Gasteiger partial charge in [0, 0.05) is 31.9 Å². The molecule has 1 fully saturated rings. The van der Waals surface area contributed by atoms with Crippen LogP contribution in [-0.4, -0.2) is 42.8 Å². The van der Waals surface area contributed by atoms with Crippen LogP contribution in [-0.2, 0) is 4.74 Å². The largest absolute Gasteiger partial charge is 0.444 e. The van der Waals surface area contributed by atoms with Gasteiger partial charge >= 0.3 is 6.09 Å². The van der Waals surface area contributed by atoms with Crippen molar-refractivity contribution in [1.82, 2.24) is 4.90 Å². The van der Waals surface area contributed by atoms with Crippen LogP contribution < -0.4 is 4.90 Å². The highest BCUT2D eigenvalue weighted by atomic mass is 16.6. The molecule has 0 unspecified atom stereocenters. The van der Waals surface area contributed by atoms with Crippen LogP contribution in [0.1, 0.15) is 32.8 Å². The third-order valence-corrected chi connectivity index (χ3v) is 3.77. The number of nitrogens with zero attached hydrogens (tertiary/aromatic N) is 3. The molecule has 1 atom stereocenters. The quantitative estimate of drug-likeness (QED) is 0.842. The third kappa shape index (κ3) is 3.91. The van der Waals surface area contributed by atoms with E-state index in [2.05, 4.69) is 11.0 Å². The Hall–Kier alpha value is -2.22. The number of hydrogen-bond acceptors (Lipinski definition) is 4. The minimum Gasteiger partial charge on any atom is -0.444 e. The molecule has 22 heavy (non-hydrogen) atoms. The van der Waals surface area contributed by atoms with E-state index in [9.17, 15) is 4.79 Å². The lowest BCUT2D eigenvalue weighted by atomic mass is 10.1. The van der Waals surface area contributed by atoms with E-state index in [1.807, 2.05) is 52.1 Å². The lowest BCUT2D eigenvalue weighted by Crippen LogP contribution is -2.39. The van der Waals surface area contributed by atoms with Crippen molar-refractivity contribution >= 4 is 11.8 Å². The molecule has 0 spiro atoms. The minimum atomic E-state index is -0.464. The van der Waals surface area contributed by atoms with Gasteiger partial charge in [-0.15, -0.1) is 0 Å². The molecule has 118 valence electrons. The van der Waals surface area contributed by atoms with E-state index in [-0.39, 0.29) is 12.1 Å². The maximum absolute atomic E-state index is 12.1. The Morgan fingerprint density at radius 3 is 2.55 bits per heavy atom. The van der Waals surface area contributed by atoms with Crippen LogP contribution in [0, 0.1) is 11.3 Å². The fraction of sp³-hybridized carbons (Fsp3) is 0.529. The second-order valence-electron chi connectivity index (χ2n) is 6.64. The fourth-order valence-corrected chi connectivity index (χ4v) is 2.53. The van der Waals surface area contributed by atoms with E-state index in [1.165, 1.54) is 0 Å². The molecule has 5 heteroatoms. The molecule has 0 aliphatic carbocycles. The van der Waals surface area contributed by atoms with Crippen LogP contribution in [0.15, 0.2) is 24.3 Å². The Kier molecular flexibility index (Phi) is 4.60. The number of nitriles is 1. The van der Waals surface area contributed by atoms with Crippen molar-refractivity contribution < 1.29 is 9.53 Å². The van der Waals surface area contributed by atoms with Crippen molar-refractivity contribution in [2.24, 2.45) is 0 Å². The van der Waals surface area contributed by atoms with Crippen LogP contribution in [0.2, 0.25) is 0 Å². The summed E-state index contributed by atoms with van der Waals surface area (Å²) in [6.45, 7) is 7.00. The SMILES string of the molecule is CN(c1ccc(C#N)cc1)[C@H]1CCN(C(=O)OC(C)(C)C)C1. The standard InChI is InChI=1S/C17H23N3O2/c1-17(2,3)22-16(21)20-10-9-15(12-20)19(4)14-7-5-13(11-18)6-8-14/h5-8,15H,9-10,12H2,1-4H3/t15-/m0/s1. The highest BCUT2D eigenvalue weighted by molar-refractivity contribution is 5.68. The maximum atomic E-state index is 12.1. The van der Waals surface area contributed by atoms with E-state index >= 15 is 0 Å². The molecule has 5 nitrogen and oxygen atoms in total. The van der Waals surface area contributed by atoms with Gasteiger partial charge in [-0.1, -0.05) is 0 Å². The summed E-state index contributed by atoms with van der Waals surface area (Å²) < 4.78 is 5.42. The van der Waals surface area contributed by atoms with Crippen molar-refractivity contribution in [3.8, 4) is 6.07 Å². The average molecular weight is 301 g/mol. The molecule has 2 rings (SSSR count). The molecule has 0 radical (unpaired) electrons. The van der Waals surface area contributed by atoms with Gasteiger partial charge in [0.25, 0.3) is 0 Å². The summed E-state index contributed by atoms with van der Waals surface area (Å²) in [5, 5.41) is 8.85. The summed E-state index contributed by atoms with van der Waals surface area (Å²) >= 11 is 0. The van der Waals surface area contributed by atoms with Crippen molar-refractivity contribution in [3.63, 3.8) is 0 Å². The minimum absolute atomic E-state index is 0.247. The predicted molar refractivity (Wildman–Crippen MR) is 85.8 cm³/mol. The second kappa shape index (κ2) is 6.27. The number of ether oxygens (including phenoxy) is 1. The molecular formula is C17H23N3O2. The van der Waals surface area contributed by atoms with Crippen molar-refractivity contribution in [2.45, 2.75) is 38.8 Å². The van der Waals surface area contributed by atoms with Gasteiger partial charge in [0.1, 0.15) is 5.60 Å². The number of anilines is 1. The number of likely N-dealkylation sites (N-methyl/N-ethyl adjacent to an activating group) is 1. The van der Waals surface area contributed by atoms with Crippen LogP contribution >= 0.6 is 0 Å². The van der Waals surface area contributed by atoms with Gasteiger partial charge < -0.3 is 14.5 Å². The fourth-order valence-electron chi connectivity index (χ4n) is 2.53. The molecule has 1 aliphatic rings. The van der Waals surface area contributed by atoms with E-state index < -0.39 is 5.60 Å². The van der Waals surface area contributed by atoms with Crippen LogP contribution in [0.3, 0.4) is 0 Å². The summed E-state index contributed by atoms with van der Waals surface area (Å²) in [5.41, 5.74) is 1.24. The molecular weight excluding hydrogens is 278 g/mol. The lowest BCUT2D eigenvalue weighted by Gasteiger charge is -2.28. The maximum Gasteiger partial charge on any atom is 0.410 e. The van der Waals surface area contributed by atoms with Crippen molar-refractivity contribution in [1.29, 1.82) is 5.26 Å². The Bertz CT molecular complexity index is 569. The van der Waals surface area contributed by atoms with Crippen LogP contribution in [0.5, 0.6) is 0 Å². The lowest BCUT2D eigenvalue weighted by molar-refractivity contribution is 0.0292. The zero-order valence-electron chi connectivity index (χ0n) is 13.7. The van der Waals surface area contributed by atoms with Crippen molar-refractivity contribution in [3.05, 3.63) is 29.8 Å². The molecule has 1 aromatic carbocycles. The Labute approximate surface area is 132 Å². The van der Waals surface area contributed by atoms with Gasteiger partial charge in [-0.25, -0.2) is 4.79 Å². The molecule has 1 amide bonds. The van der Waals surface area contributed by atoms with Crippen molar-refractivity contribution in [2.75, 3.05) is 25.0 Å². The Morgan fingerprint density at radius 2 is 2.00 bits per heavy atom. The van der Waals surface area contributed by atoms with E-state index in [0.717, 1.165) is 12.1 Å². The number of carbonyl (C=O) groups excluding carboxylic acids is 1. The number of hydrogen-bond donors (Lipinski definition) is 0. The second-order valence-corrected chi connectivity index (χ2v) is 6.64. The topological polar surface area (TPSA) is 56.6 Å². The van der Waals surface area contributed by atoms with Gasteiger partial charge in [0.15, 0.2) is 0 Å². The zero-order valence-corrected chi connectivity index (χ0v) is 13.7. The summed E-state index contributed by atoms with van der Waals surface area (Å²) in [6, 6.07) is 9.88. The van der Waals surface area contributed by atoms with Crippen LogP contribution in [0.4, 0.5) is 10.5 Å². The Balaban J connectivity index is 1.97. The number of carbonyl (C=O) groups is 1. The molecule has 0 saturated carbocycles. The number of amides is 1. The van der Waals surface area contributed by atoms with Gasteiger partial charge in [-0.2, -0.15) is 5.26 Å². The van der Waals surface area contributed by atoms with Gasteiger partial charge in [-0.3, -0.25) is 0 Å². The molecule has 1 saturated heterocycles. The van der Waals surface area contributed by atoms with Gasteiger partial charge in [-0.05, 0) is 51.5 Å². The molecule has 1 aliphatic heterocycles. The first-order chi connectivity index (χ1) is 10.3. The van der Waals surface area contributed by atoms with E-state index in [4.69, 9.17) is 10.00 Å². The molecule has 0 bridgehead atoms. The summed E-state index contributed by atoms with van der Waals surface area (Å²) in [4.78, 5) is 16.0. The highest BCUT2D eigenvalue weighted by Crippen LogP contribution is 2.23. The Morgan fingerprint density at radius 1 is 1.36 bits per heavy atom. The molecule has 1 aromatic rings. The van der Waals surface area contributed by atoms with E-state index in [1.54, 1.807) is 4.90 Å². The molecule has 0 N–H and O–H groups in total. The van der Waals surface area contributed by atoms with Gasteiger partial charge in [0.2, 0.25) is 0 Å². The zero-order chi connectivity index (χ0) is 16.3. The molecule has 0 aromatic heterocycles. The number of rotatable bonds is 2. The highest BCUT2D eigenvalue weighted by Gasteiger charge is 2.31. The van der Waals surface area contributed by atoms with Gasteiger partial charge in [0.05, 0.1) is 11.6 Å². The summed E-state index contributed by atoms with van der Waals surface area (Å²) in [6.07, 6.45) is 0.665. The third-order valence-electron chi connectivity index (χ3n) is 3.77. The monoisotopic (exact) mass is 301 g/mol. The predicted octanol–water partition coefficient (Wildman–Crippen LogP) is 3.00.